The first-order chi connectivity index (χ1) is 13.3. The van der Waals surface area contributed by atoms with Crippen molar-refractivity contribution >= 4 is 17.5 Å². The summed E-state index contributed by atoms with van der Waals surface area (Å²) in [7, 11) is 0. The highest BCUT2D eigenvalue weighted by atomic mass is 16.6. The first-order valence-corrected chi connectivity index (χ1v) is 9.46. The number of nitrogens with zero attached hydrogens (tertiary/aromatic N) is 1. The van der Waals surface area contributed by atoms with Gasteiger partial charge in [0, 0.05) is 36.8 Å². The number of furan rings is 1. The van der Waals surface area contributed by atoms with Gasteiger partial charge in [-0.25, -0.2) is 0 Å². The van der Waals surface area contributed by atoms with Gasteiger partial charge in [0.2, 0.25) is 0 Å². The molecular weight excluding hydrogens is 378 g/mol. The van der Waals surface area contributed by atoms with E-state index in [0.717, 1.165) is 6.07 Å². The van der Waals surface area contributed by atoms with Crippen molar-refractivity contribution in [1.29, 1.82) is 0 Å². The molecule has 29 heavy (non-hydrogen) atoms. The summed E-state index contributed by atoms with van der Waals surface area (Å²) >= 11 is 0. The summed E-state index contributed by atoms with van der Waals surface area (Å²) in [6.45, 7) is 7.37. The number of Topliss-reactive ketones (excluding diaryl/α,β-unsaturated/α-hetero) is 2. The van der Waals surface area contributed by atoms with Crippen LogP contribution in [0.15, 0.2) is 39.2 Å². The lowest BCUT2D eigenvalue weighted by molar-refractivity contribution is -0.402. The first-order valence-electron chi connectivity index (χ1n) is 9.46. The van der Waals surface area contributed by atoms with Gasteiger partial charge in [-0.3, -0.25) is 19.7 Å². The molecule has 0 saturated carbocycles. The smallest absolute Gasteiger partial charge is 0.433 e. The Morgan fingerprint density at radius 1 is 0.931 bits per heavy atom. The number of carbonyl (C=O) groups excluding carboxylic acids is 2. The summed E-state index contributed by atoms with van der Waals surface area (Å²) in [6, 6.07) is 2.44. The number of aliphatic hydroxyl groups is 2. The van der Waals surface area contributed by atoms with Crippen LogP contribution in [0.3, 0.4) is 0 Å². The second-order valence-electron chi connectivity index (χ2n) is 9.47. The molecule has 0 aromatic carbocycles. The normalized spacial score (nSPS) is 21.8. The molecule has 2 aliphatic rings. The Morgan fingerprint density at radius 3 is 1.72 bits per heavy atom. The zero-order chi connectivity index (χ0) is 21.7. The maximum Gasteiger partial charge on any atom is 0.433 e. The number of nitro groups is 1. The minimum Gasteiger partial charge on any atom is -0.512 e. The van der Waals surface area contributed by atoms with Crippen LogP contribution in [0.4, 0.5) is 5.88 Å². The van der Waals surface area contributed by atoms with Crippen molar-refractivity contribution in [1.82, 2.24) is 0 Å². The van der Waals surface area contributed by atoms with Crippen LogP contribution in [-0.4, -0.2) is 26.7 Å². The number of carbonyl (C=O) groups is 2. The molecule has 0 spiro atoms. The summed E-state index contributed by atoms with van der Waals surface area (Å²) in [5.41, 5.74) is -0.995. The van der Waals surface area contributed by atoms with Gasteiger partial charge in [0.15, 0.2) is 11.6 Å². The molecule has 1 heterocycles. The Bertz CT molecular complexity index is 909. The topological polar surface area (TPSA) is 131 Å². The maximum absolute atomic E-state index is 13.0. The minimum absolute atomic E-state index is 0.0269. The largest absolute Gasteiger partial charge is 0.512 e. The Morgan fingerprint density at radius 2 is 1.38 bits per heavy atom. The lowest BCUT2D eigenvalue weighted by atomic mass is 9.68. The van der Waals surface area contributed by atoms with Crippen molar-refractivity contribution in [2.24, 2.45) is 10.8 Å². The number of rotatable bonds is 4. The van der Waals surface area contributed by atoms with Crippen LogP contribution < -0.4 is 0 Å². The molecule has 8 heteroatoms. The predicted molar refractivity (Wildman–Crippen MR) is 103 cm³/mol. The average molecular weight is 403 g/mol. The Kier molecular flexibility index (Phi) is 4.93. The van der Waals surface area contributed by atoms with Crippen LogP contribution in [0.25, 0.3) is 0 Å². The zero-order valence-corrected chi connectivity index (χ0v) is 16.9. The summed E-state index contributed by atoms with van der Waals surface area (Å²) < 4.78 is 5.32. The fraction of sp³-hybridized carbons (Fsp3) is 0.524. The molecule has 0 unspecified atom stereocenters. The highest BCUT2D eigenvalue weighted by molar-refractivity contribution is 6.05. The van der Waals surface area contributed by atoms with E-state index in [1.165, 1.54) is 6.07 Å². The Labute approximate surface area is 168 Å². The summed E-state index contributed by atoms with van der Waals surface area (Å²) in [5.74, 6) is -2.88. The molecule has 0 saturated heterocycles. The van der Waals surface area contributed by atoms with Gasteiger partial charge in [-0.15, -0.1) is 0 Å². The molecule has 1 aromatic heterocycles. The van der Waals surface area contributed by atoms with Gasteiger partial charge in [0.1, 0.15) is 22.2 Å². The van der Waals surface area contributed by atoms with Crippen LogP contribution in [0.5, 0.6) is 0 Å². The predicted octanol–water partition coefficient (Wildman–Crippen LogP) is 4.67. The van der Waals surface area contributed by atoms with Gasteiger partial charge in [0.05, 0.1) is 12.0 Å². The monoisotopic (exact) mass is 403 g/mol. The molecule has 8 nitrogen and oxygen atoms in total. The van der Waals surface area contributed by atoms with Crippen LogP contribution >= 0.6 is 0 Å². The molecule has 0 fully saturated rings. The third-order valence-electron chi connectivity index (χ3n) is 5.45. The van der Waals surface area contributed by atoms with Crippen LogP contribution in [0, 0.1) is 20.9 Å². The van der Waals surface area contributed by atoms with Gasteiger partial charge in [-0.2, -0.15) is 0 Å². The number of aliphatic hydroxyl groups excluding tert-OH is 2. The van der Waals surface area contributed by atoms with Crippen molar-refractivity contribution in [2.75, 3.05) is 0 Å². The molecule has 0 aliphatic heterocycles. The lowest BCUT2D eigenvalue weighted by Gasteiger charge is -2.35. The van der Waals surface area contributed by atoms with Gasteiger partial charge < -0.3 is 14.6 Å². The quantitative estimate of drug-likeness (QED) is 0.551. The summed E-state index contributed by atoms with van der Waals surface area (Å²) in [6.07, 6.45) is 0.695. The van der Waals surface area contributed by atoms with Crippen LogP contribution in [0.2, 0.25) is 0 Å². The summed E-state index contributed by atoms with van der Waals surface area (Å²) in [5, 5.41) is 32.5. The van der Waals surface area contributed by atoms with Crippen LogP contribution in [-0.2, 0) is 9.59 Å². The standard InChI is InChI=1S/C21H25NO7/c1-20(2)7-11(23)17(12(24)8-20)19(15-5-6-16(29-15)22(27)28)18-13(25)9-21(3,4)10-14(18)26/h5-6,19,23,25H,7-10H2,1-4H3. The van der Waals surface area contributed by atoms with E-state index >= 15 is 0 Å². The highest BCUT2D eigenvalue weighted by Gasteiger charge is 2.45. The van der Waals surface area contributed by atoms with E-state index < -0.39 is 27.6 Å². The Hall–Kier alpha value is -2.90. The highest BCUT2D eigenvalue weighted by Crippen LogP contribution is 2.48. The molecule has 0 amide bonds. The van der Waals surface area contributed by atoms with Crippen LogP contribution in [0.1, 0.15) is 65.1 Å². The van der Waals surface area contributed by atoms with E-state index in [9.17, 15) is 29.9 Å². The second-order valence-corrected chi connectivity index (χ2v) is 9.47. The third kappa shape index (κ3) is 3.97. The number of allylic oxidation sites excluding steroid dienone is 4. The lowest BCUT2D eigenvalue weighted by Crippen LogP contribution is -2.33. The fourth-order valence-corrected chi connectivity index (χ4v) is 4.28. The first kappa shape index (κ1) is 20.8. The maximum atomic E-state index is 13.0. The number of hydrogen-bond donors (Lipinski definition) is 2. The van der Waals surface area contributed by atoms with Crippen molar-refractivity contribution in [3.05, 3.63) is 50.7 Å². The minimum atomic E-state index is -1.18. The second kappa shape index (κ2) is 6.86. The molecule has 1 aromatic rings. The average Bonchev–Trinajstić information content (AvgIpc) is 2.99. The molecule has 0 atom stereocenters. The molecule has 2 aliphatic carbocycles. The Balaban J connectivity index is 2.22. The molecule has 0 radical (unpaired) electrons. The summed E-state index contributed by atoms with van der Waals surface area (Å²) in [4.78, 5) is 36.3. The molecule has 156 valence electrons. The number of hydrogen-bond acceptors (Lipinski definition) is 7. The van der Waals surface area contributed by atoms with E-state index in [1.54, 1.807) is 0 Å². The number of ketones is 2. The van der Waals surface area contributed by atoms with Gasteiger partial charge in [0.25, 0.3) is 0 Å². The van der Waals surface area contributed by atoms with Crippen molar-refractivity contribution in [3.8, 4) is 0 Å². The van der Waals surface area contributed by atoms with Gasteiger partial charge in [-0.05, 0) is 16.9 Å². The van der Waals surface area contributed by atoms with E-state index in [2.05, 4.69) is 0 Å². The SMILES string of the molecule is CC1(C)CC(=O)C(C(C2=C(O)CC(C)(C)CC2=O)c2ccc([N+](=O)[O-])o2)=C(O)C1. The van der Waals surface area contributed by atoms with Crippen molar-refractivity contribution in [2.45, 2.75) is 59.3 Å². The van der Waals surface area contributed by atoms with E-state index in [4.69, 9.17) is 4.42 Å². The zero-order valence-electron chi connectivity index (χ0n) is 16.9. The fourth-order valence-electron chi connectivity index (χ4n) is 4.28. The molecule has 3 rings (SSSR count). The van der Waals surface area contributed by atoms with Crippen molar-refractivity contribution < 1.29 is 29.1 Å². The van der Waals surface area contributed by atoms with Crippen molar-refractivity contribution in [3.63, 3.8) is 0 Å². The van der Waals surface area contributed by atoms with E-state index in [-0.39, 0.29) is 65.7 Å². The molecular formula is C21H25NO7. The third-order valence-corrected chi connectivity index (χ3v) is 5.45. The molecule has 0 bridgehead atoms. The van der Waals surface area contributed by atoms with Gasteiger partial charge in [-0.1, -0.05) is 27.7 Å². The van der Waals surface area contributed by atoms with E-state index in [0.29, 0.717) is 0 Å². The van der Waals surface area contributed by atoms with E-state index in [1.807, 2.05) is 27.7 Å². The van der Waals surface area contributed by atoms with Gasteiger partial charge >= 0.3 is 5.88 Å². The molecule has 2 N–H and O–H groups in total.